The molecule has 24 heavy (non-hydrogen) atoms. The summed E-state index contributed by atoms with van der Waals surface area (Å²) in [6.07, 6.45) is -1.88. The fraction of sp³-hybridized carbons (Fsp3) is 0.214. The Morgan fingerprint density at radius 3 is 2.79 bits per heavy atom. The van der Waals surface area contributed by atoms with Gasteiger partial charge >= 0.3 is 6.18 Å². The molecular weight excluding hydrogens is 343 g/mol. The highest BCUT2D eigenvalue weighted by molar-refractivity contribution is 7.83. The second kappa shape index (κ2) is 6.19. The number of nitrogens with zero attached hydrogens (tertiary/aromatic N) is 4. The molecule has 0 aliphatic rings. The summed E-state index contributed by atoms with van der Waals surface area (Å²) in [7, 11) is -1.02. The van der Waals surface area contributed by atoms with E-state index in [1.165, 1.54) is 4.52 Å². The Morgan fingerprint density at radius 1 is 1.29 bits per heavy atom. The molecule has 3 aromatic rings. The van der Waals surface area contributed by atoms with Gasteiger partial charge in [-0.2, -0.15) is 27.8 Å². The van der Waals surface area contributed by atoms with Crippen molar-refractivity contribution in [2.24, 2.45) is 0 Å². The van der Waals surface area contributed by atoms with E-state index in [1.807, 2.05) is 0 Å². The number of nitrogens with one attached hydrogen (secondary N) is 1. The zero-order valence-corrected chi connectivity index (χ0v) is 13.2. The van der Waals surface area contributed by atoms with Crippen LogP contribution in [0.1, 0.15) is 11.3 Å². The number of rotatable bonds is 4. The van der Waals surface area contributed by atoms with Gasteiger partial charge < -0.3 is 5.32 Å². The minimum absolute atomic E-state index is 0.0830. The van der Waals surface area contributed by atoms with E-state index in [-0.39, 0.29) is 11.6 Å². The third-order valence-corrected chi connectivity index (χ3v) is 3.85. The SMILES string of the molecule is CS(=O)Cc1cccc(Nc2cc(C(F)(F)F)nc3ncnn23)c1. The molecule has 1 N–H and O–H groups in total. The molecular formula is C14H12F3N5OS. The van der Waals surface area contributed by atoms with Crippen molar-refractivity contribution in [1.82, 2.24) is 19.6 Å². The largest absolute Gasteiger partial charge is 0.433 e. The molecule has 3 rings (SSSR count). The predicted molar refractivity (Wildman–Crippen MR) is 83.3 cm³/mol. The highest BCUT2D eigenvalue weighted by Gasteiger charge is 2.34. The van der Waals surface area contributed by atoms with Gasteiger partial charge in [0.2, 0.25) is 0 Å². The van der Waals surface area contributed by atoms with Gasteiger partial charge in [0.05, 0.1) is 0 Å². The predicted octanol–water partition coefficient (Wildman–Crippen LogP) is 2.77. The van der Waals surface area contributed by atoms with Crippen LogP contribution in [-0.4, -0.2) is 30.0 Å². The van der Waals surface area contributed by atoms with Gasteiger partial charge in [0.15, 0.2) is 5.69 Å². The van der Waals surface area contributed by atoms with E-state index >= 15 is 0 Å². The summed E-state index contributed by atoms with van der Waals surface area (Å²) >= 11 is 0. The molecule has 2 aromatic heterocycles. The Kier molecular flexibility index (Phi) is 4.22. The molecule has 2 heterocycles. The smallest absolute Gasteiger partial charge is 0.340 e. The monoisotopic (exact) mass is 355 g/mol. The van der Waals surface area contributed by atoms with Gasteiger partial charge in [0.1, 0.15) is 12.1 Å². The molecule has 126 valence electrons. The first kappa shape index (κ1) is 16.4. The second-order valence-electron chi connectivity index (χ2n) is 5.04. The quantitative estimate of drug-likeness (QED) is 0.779. The molecule has 0 saturated carbocycles. The van der Waals surface area contributed by atoms with Gasteiger partial charge in [-0.25, -0.2) is 4.98 Å². The number of anilines is 2. The zero-order valence-electron chi connectivity index (χ0n) is 12.4. The van der Waals surface area contributed by atoms with Crippen LogP contribution in [0.3, 0.4) is 0 Å². The van der Waals surface area contributed by atoms with Crippen LogP contribution in [0.5, 0.6) is 0 Å². The van der Waals surface area contributed by atoms with Crippen molar-refractivity contribution in [1.29, 1.82) is 0 Å². The lowest BCUT2D eigenvalue weighted by Gasteiger charge is -2.12. The van der Waals surface area contributed by atoms with Gasteiger partial charge in [-0.3, -0.25) is 4.21 Å². The molecule has 0 aliphatic heterocycles. The molecule has 0 radical (unpaired) electrons. The fourth-order valence-corrected chi connectivity index (χ4v) is 2.82. The van der Waals surface area contributed by atoms with E-state index < -0.39 is 22.7 Å². The van der Waals surface area contributed by atoms with Gasteiger partial charge in [0.25, 0.3) is 5.78 Å². The molecule has 1 aromatic carbocycles. The molecule has 6 nitrogen and oxygen atoms in total. The van der Waals surface area contributed by atoms with E-state index in [0.717, 1.165) is 18.0 Å². The average Bonchev–Trinajstić information content (AvgIpc) is 2.94. The summed E-state index contributed by atoms with van der Waals surface area (Å²) in [4.78, 5) is 7.16. The normalized spacial score (nSPS) is 13.2. The van der Waals surface area contributed by atoms with Crippen LogP contribution in [0.4, 0.5) is 24.7 Å². The van der Waals surface area contributed by atoms with Gasteiger partial charge in [-0.05, 0) is 17.7 Å². The Labute approximate surface area is 137 Å². The number of hydrogen-bond donors (Lipinski definition) is 1. The average molecular weight is 355 g/mol. The van der Waals surface area contributed by atoms with Gasteiger partial charge in [0, 0.05) is 34.6 Å². The molecule has 0 aliphatic carbocycles. The van der Waals surface area contributed by atoms with Crippen LogP contribution >= 0.6 is 0 Å². The number of hydrogen-bond acceptors (Lipinski definition) is 5. The minimum Gasteiger partial charge on any atom is -0.340 e. The first-order valence-corrected chi connectivity index (χ1v) is 8.49. The lowest BCUT2D eigenvalue weighted by Crippen LogP contribution is -2.12. The maximum Gasteiger partial charge on any atom is 0.433 e. The van der Waals surface area contributed by atoms with E-state index in [4.69, 9.17) is 0 Å². The molecule has 0 amide bonds. The summed E-state index contributed by atoms with van der Waals surface area (Å²) in [5.41, 5.74) is 0.297. The maximum absolute atomic E-state index is 13.0. The Morgan fingerprint density at radius 2 is 2.08 bits per heavy atom. The lowest BCUT2D eigenvalue weighted by molar-refractivity contribution is -0.141. The molecule has 10 heteroatoms. The van der Waals surface area contributed by atoms with Crippen LogP contribution in [0.2, 0.25) is 0 Å². The number of fused-ring (bicyclic) bond motifs is 1. The van der Waals surface area contributed by atoms with E-state index in [2.05, 4.69) is 20.4 Å². The van der Waals surface area contributed by atoms with Crippen molar-refractivity contribution < 1.29 is 17.4 Å². The van der Waals surface area contributed by atoms with Crippen molar-refractivity contribution in [3.05, 3.63) is 47.9 Å². The van der Waals surface area contributed by atoms with Crippen LogP contribution < -0.4 is 5.32 Å². The summed E-state index contributed by atoms with van der Waals surface area (Å²) in [6.45, 7) is 0. The summed E-state index contributed by atoms with van der Waals surface area (Å²) in [6, 6.07) is 7.81. The minimum atomic E-state index is -4.59. The number of benzene rings is 1. The third-order valence-electron chi connectivity index (χ3n) is 3.11. The van der Waals surface area contributed by atoms with Crippen LogP contribution in [0, 0.1) is 0 Å². The molecule has 1 unspecified atom stereocenters. The first-order valence-electron chi connectivity index (χ1n) is 6.77. The Bertz CT molecular complexity index is 909. The molecule has 0 fully saturated rings. The fourth-order valence-electron chi connectivity index (χ4n) is 2.17. The topological polar surface area (TPSA) is 72.2 Å². The first-order chi connectivity index (χ1) is 11.3. The molecule has 0 bridgehead atoms. The molecule has 1 atom stereocenters. The number of aromatic nitrogens is 4. The number of alkyl halides is 3. The zero-order chi connectivity index (χ0) is 17.3. The van der Waals surface area contributed by atoms with Crippen molar-refractivity contribution in [3.63, 3.8) is 0 Å². The summed E-state index contributed by atoms with van der Waals surface area (Å²) in [5.74, 6) is 0.288. The summed E-state index contributed by atoms with van der Waals surface area (Å²) in [5, 5.41) is 6.75. The highest BCUT2D eigenvalue weighted by Crippen LogP contribution is 2.30. The molecule has 0 saturated heterocycles. The van der Waals surface area contributed by atoms with Crippen molar-refractivity contribution in [2.75, 3.05) is 11.6 Å². The van der Waals surface area contributed by atoms with Crippen LogP contribution in [0.15, 0.2) is 36.7 Å². The van der Waals surface area contributed by atoms with E-state index in [1.54, 1.807) is 30.5 Å². The van der Waals surface area contributed by atoms with Gasteiger partial charge in [-0.15, -0.1) is 0 Å². The Hall–Kier alpha value is -2.49. The van der Waals surface area contributed by atoms with Crippen molar-refractivity contribution in [2.45, 2.75) is 11.9 Å². The van der Waals surface area contributed by atoms with Crippen LogP contribution in [-0.2, 0) is 22.7 Å². The van der Waals surface area contributed by atoms with E-state index in [0.29, 0.717) is 11.4 Å². The third kappa shape index (κ3) is 3.53. The van der Waals surface area contributed by atoms with Crippen LogP contribution in [0.25, 0.3) is 5.78 Å². The second-order valence-corrected chi connectivity index (χ2v) is 6.47. The van der Waals surface area contributed by atoms with Crippen molar-refractivity contribution >= 4 is 28.1 Å². The van der Waals surface area contributed by atoms with Crippen molar-refractivity contribution in [3.8, 4) is 0 Å². The summed E-state index contributed by atoms with van der Waals surface area (Å²) < 4.78 is 51.4. The maximum atomic E-state index is 13.0. The molecule has 0 spiro atoms. The highest BCUT2D eigenvalue weighted by atomic mass is 32.2. The number of halogens is 3. The standard InChI is InChI=1S/C14H12F3N5OS/c1-24(23)7-9-3-2-4-10(5-9)20-12-6-11(14(15,16)17)21-13-18-8-19-22(12)13/h2-6,8,20H,7H2,1H3. The lowest BCUT2D eigenvalue weighted by atomic mass is 10.2. The van der Waals surface area contributed by atoms with Gasteiger partial charge in [-0.1, -0.05) is 12.1 Å². The Balaban J connectivity index is 2.00. The van der Waals surface area contributed by atoms with E-state index in [9.17, 15) is 17.4 Å².